The van der Waals surface area contributed by atoms with Gasteiger partial charge in [0.15, 0.2) is 0 Å². The van der Waals surface area contributed by atoms with Gasteiger partial charge in [0.25, 0.3) is 5.91 Å². The van der Waals surface area contributed by atoms with Crippen LogP contribution in [0.5, 0.6) is 0 Å². The van der Waals surface area contributed by atoms with Crippen LogP contribution in [0.3, 0.4) is 0 Å². The Morgan fingerprint density at radius 3 is 2.23 bits per heavy atom. The van der Waals surface area contributed by atoms with E-state index in [-0.39, 0.29) is 18.0 Å². The molecular formula is C32H27F3N2O3. The predicted molar refractivity (Wildman–Crippen MR) is 148 cm³/mol. The Kier molecular flexibility index (Phi) is 7.21. The first-order chi connectivity index (χ1) is 19.0. The van der Waals surface area contributed by atoms with Crippen molar-refractivity contribution >= 4 is 23.2 Å². The molecule has 0 saturated heterocycles. The molecule has 0 fully saturated rings. The number of hydrogen-bond acceptors (Lipinski definition) is 3. The van der Waals surface area contributed by atoms with Crippen molar-refractivity contribution in [3.05, 3.63) is 119 Å². The standard InChI is InChI=1S/C32H27F3N2O3/c1-31(2,40-20-21-8-4-3-5-9-21)24-16-17-28-27(18-24)36-29(38)19-37(28)30(39)26-11-7-6-10-25(26)22-12-14-23(15-13-22)32(33,34)35/h3-18H,19-20H2,1-2H3,(H,36,38). The maximum absolute atomic E-state index is 13.8. The Morgan fingerprint density at radius 1 is 0.875 bits per heavy atom. The van der Waals surface area contributed by atoms with E-state index in [1.54, 1.807) is 36.4 Å². The summed E-state index contributed by atoms with van der Waals surface area (Å²) in [6.07, 6.45) is -4.46. The van der Waals surface area contributed by atoms with Crippen molar-refractivity contribution < 1.29 is 27.5 Å². The van der Waals surface area contributed by atoms with E-state index in [9.17, 15) is 22.8 Å². The second-order valence-electron chi connectivity index (χ2n) is 10.1. The Bertz CT molecular complexity index is 1550. The zero-order valence-electron chi connectivity index (χ0n) is 22.0. The van der Waals surface area contributed by atoms with E-state index in [2.05, 4.69) is 5.32 Å². The van der Waals surface area contributed by atoms with E-state index in [0.717, 1.165) is 23.3 Å². The average Bonchev–Trinajstić information content (AvgIpc) is 2.95. The van der Waals surface area contributed by atoms with Gasteiger partial charge in [0.2, 0.25) is 5.91 Å². The van der Waals surface area contributed by atoms with Crippen molar-refractivity contribution in [2.75, 3.05) is 16.8 Å². The lowest BCUT2D eigenvalue weighted by molar-refractivity contribution is -0.137. The number of alkyl halides is 3. The number of ether oxygens (including phenoxy) is 1. The molecule has 1 aliphatic rings. The Morgan fingerprint density at radius 2 is 1.52 bits per heavy atom. The van der Waals surface area contributed by atoms with Gasteiger partial charge in [-0.3, -0.25) is 14.5 Å². The van der Waals surface area contributed by atoms with Crippen LogP contribution in [0.1, 0.15) is 40.9 Å². The van der Waals surface area contributed by atoms with Crippen molar-refractivity contribution in [2.45, 2.75) is 32.2 Å². The number of fused-ring (bicyclic) bond motifs is 1. The molecule has 40 heavy (non-hydrogen) atoms. The number of carbonyl (C=O) groups excluding carboxylic acids is 2. The lowest BCUT2D eigenvalue weighted by Crippen LogP contribution is -2.42. The molecule has 0 aromatic heterocycles. The summed E-state index contributed by atoms with van der Waals surface area (Å²) in [5.74, 6) is -0.785. The minimum atomic E-state index is -4.46. The molecule has 0 spiro atoms. The summed E-state index contributed by atoms with van der Waals surface area (Å²) in [5, 5.41) is 2.85. The Hall–Kier alpha value is -4.43. The number of benzene rings is 4. The van der Waals surface area contributed by atoms with Crippen LogP contribution in [-0.4, -0.2) is 18.4 Å². The first kappa shape index (κ1) is 27.1. The molecule has 8 heteroatoms. The van der Waals surface area contributed by atoms with Gasteiger partial charge in [-0.05, 0) is 66.4 Å². The predicted octanol–water partition coefficient (Wildman–Crippen LogP) is 7.42. The topological polar surface area (TPSA) is 58.6 Å². The van der Waals surface area contributed by atoms with Gasteiger partial charge in [0.05, 0.1) is 29.1 Å². The lowest BCUT2D eigenvalue weighted by Gasteiger charge is -2.32. The maximum Gasteiger partial charge on any atom is 0.416 e. The van der Waals surface area contributed by atoms with Crippen LogP contribution < -0.4 is 10.2 Å². The van der Waals surface area contributed by atoms with E-state index >= 15 is 0 Å². The number of nitrogens with zero attached hydrogens (tertiary/aromatic N) is 1. The van der Waals surface area contributed by atoms with Crippen molar-refractivity contribution in [1.29, 1.82) is 0 Å². The zero-order valence-corrected chi connectivity index (χ0v) is 22.0. The Labute approximate surface area is 230 Å². The molecule has 4 aromatic rings. The molecule has 4 aromatic carbocycles. The number of halogens is 3. The van der Waals surface area contributed by atoms with Gasteiger partial charge in [-0.25, -0.2) is 0 Å². The van der Waals surface area contributed by atoms with Gasteiger partial charge in [-0.2, -0.15) is 13.2 Å². The Balaban J connectivity index is 1.44. The third-order valence-corrected chi connectivity index (χ3v) is 6.93. The van der Waals surface area contributed by atoms with E-state index in [1.165, 1.54) is 17.0 Å². The summed E-state index contributed by atoms with van der Waals surface area (Å²) in [7, 11) is 0. The van der Waals surface area contributed by atoms with Crippen molar-refractivity contribution in [3.63, 3.8) is 0 Å². The molecule has 1 aliphatic heterocycles. The third kappa shape index (κ3) is 5.62. The molecule has 0 bridgehead atoms. The first-order valence-electron chi connectivity index (χ1n) is 12.7. The summed E-state index contributed by atoms with van der Waals surface area (Å²) in [5.41, 5.74) is 2.61. The molecule has 0 aliphatic carbocycles. The zero-order chi connectivity index (χ0) is 28.5. The normalized spacial score (nSPS) is 13.5. The summed E-state index contributed by atoms with van der Waals surface area (Å²) >= 11 is 0. The maximum atomic E-state index is 13.8. The minimum Gasteiger partial charge on any atom is -0.366 e. The quantitative estimate of drug-likeness (QED) is 0.275. The molecule has 0 atom stereocenters. The highest BCUT2D eigenvalue weighted by molar-refractivity contribution is 6.17. The molecule has 0 unspecified atom stereocenters. The summed E-state index contributed by atoms with van der Waals surface area (Å²) in [4.78, 5) is 27.9. The number of amides is 2. The fourth-order valence-electron chi connectivity index (χ4n) is 4.67. The molecule has 0 saturated carbocycles. The number of rotatable bonds is 6. The third-order valence-electron chi connectivity index (χ3n) is 6.93. The fourth-order valence-corrected chi connectivity index (χ4v) is 4.67. The van der Waals surface area contributed by atoms with Crippen LogP contribution in [0, 0.1) is 0 Å². The first-order valence-corrected chi connectivity index (χ1v) is 12.7. The van der Waals surface area contributed by atoms with Crippen LogP contribution in [0.25, 0.3) is 11.1 Å². The highest BCUT2D eigenvalue weighted by Crippen LogP contribution is 2.37. The number of anilines is 2. The van der Waals surface area contributed by atoms with E-state index in [4.69, 9.17) is 4.74 Å². The van der Waals surface area contributed by atoms with Crippen molar-refractivity contribution in [2.24, 2.45) is 0 Å². The SMILES string of the molecule is CC(C)(OCc1ccccc1)c1ccc2c(c1)NC(=O)CN2C(=O)c1ccccc1-c1ccc(C(F)(F)F)cc1. The average molecular weight is 545 g/mol. The van der Waals surface area contributed by atoms with Gasteiger partial charge in [-0.1, -0.05) is 66.7 Å². The molecule has 1 N–H and O–H groups in total. The monoisotopic (exact) mass is 544 g/mol. The second-order valence-corrected chi connectivity index (χ2v) is 10.1. The van der Waals surface area contributed by atoms with Gasteiger partial charge in [0.1, 0.15) is 6.54 Å². The van der Waals surface area contributed by atoms with Gasteiger partial charge >= 0.3 is 6.18 Å². The molecule has 5 nitrogen and oxygen atoms in total. The summed E-state index contributed by atoms with van der Waals surface area (Å²) in [6.45, 7) is 4.08. The molecule has 204 valence electrons. The van der Waals surface area contributed by atoms with E-state index in [0.29, 0.717) is 29.1 Å². The molecular weight excluding hydrogens is 517 g/mol. The molecule has 5 rings (SSSR count). The highest BCUT2D eigenvalue weighted by Gasteiger charge is 2.32. The van der Waals surface area contributed by atoms with Crippen LogP contribution in [0.4, 0.5) is 24.5 Å². The number of carbonyl (C=O) groups is 2. The van der Waals surface area contributed by atoms with Crippen LogP contribution in [0.15, 0.2) is 97.1 Å². The molecule has 2 amide bonds. The largest absolute Gasteiger partial charge is 0.416 e. The van der Waals surface area contributed by atoms with Crippen LogP contribution in [-0.2, 0) is 27.9 Å². The number of hydrogen-bond donors (Lipinski definition) is 1. The number of nitrogens with one attached hydrogen (secondary N) is 1. The van der Waals surface area contributed by atoms with Gasteiger partial charge < -0.3 is 10.1 Å². The second kappa shape index (κ2) is 10.6. The highest BCUT2D eigenvalue weighted by atomic mass is 19.4. The van der Waals surface area contributed by atoms with Gasteiger partial charge in [0, 0.05) is 5.56 Å². The minimum absolute atomic E-state index is 0.194. The van der Waals surface area contributed by atoms with E-state index < -0.39 is 23.2 Å². The summed E-state index contributed by atoms with van der Waals surface area (Å²) in [6, 6.07) is 26.6. The van der Waals surface area contributed by atoms with E-state index in [1.807, 2.05) is 50.2 Å². The lowest BCUT2D eigenvalue weighted by atomic mass is 9.95. The van der Waals surface area contributed by atoms with Crippen LogP contribution in [0.2, 0.25) is 0 Å². The van der Waals surface area contributed by atoms with Gasteiger partial charge in [-0.15, -0.1) is 0 Å². The molecule has 0 radical (unpaired) electrons. The van der Waals surface area contributed by atoms with Crippen molar-refractivity contribution in [1.82, 2.24) is 0 Å². The summed E-state index contributed by atoms with van der Waals surface area (Å²) < 4.78 is 45.4. The van der Waals surface area contributed by atoms with Crippen molar-refractivity contribution in [3.8, 4) is 11.1 Å². The smallest absolute Gasteiger partial charge is 0.366 e. The molecule has 1 heterocycles. The fraction of sp³-hybridized carbons (Fsp3) is 0.188. The van der Waals surface area contributed by atoms with Crippen LogP contribution >= 0.6 is 0 Å².